The van der Waals surface area contributed by atoms with Crippen molar-refractivity contribution in [3.63, 3.8) is 0 Å². The predicted octanol–water partition coefficient (Wildman–Crippen LogP) is 6.85. The molecule has 0 aliphatic carbocycles. The summed E-state index contributed by atoms with van der Waals surface area (Å²) in [7, 11) is 0. The highest BCUT2D eigenvalue weighted by Crippen LogP contribution is 2.29. The second-order valence-electron chi connectivity index (χ2n) is 6.90. The van der Waals surface area contributed by atoms with Gasteiger partial charge in [-0.15, -0.1) is 0 Å². The van der Waals surface area contributed by atoms with Gasteiger partial charge in [-0.25, -0.2) is 9.18 Å². The van der Waals surface area contributed by atoms with Crippen molar-refractivity contribution >= 4 is 23.5 Å². The Labute approximate surface area is 183 Å². The van der Waals surface area contributed by atoms with E-state index in [1.54, 1.807) is 43.3 Å². The van der Waals surface area contributed by atoms with Crippen molar-refractivity contribution in [1.82, 2.24) is 10.2 Å². The number of halogens is 2. The summed E-state index contributed by atoms with van der Waals surface area (Å²) in [6, 6.07) is 24.3. The molecule has 0 saturated carbocycles. The largest absolute Gasteiger partial charge is 0.441 e. The van der Waals surface area contributed by atoms with Crippen LogP contribution in [0.1, 0.15) is 18.6 Å². The lowest BCUT2D eigenvalue weighted by Crippen LogP contribution is -2.17. The third-order valence-corrected chi connectivity index (χ3v) is 5.18. The van der Waals surface area contributed by atoms with Crippen molar-refractivity contribution in [2.45, 2.75) is 13.0 Å². The summed E-state index contributed by atoms with van der Waals surface area (Å²) < 4.78 is 20.1. The molecule has 31 heavy (non-hydrogen) atoms. The normalized spacial score (nSPS) is 11.7. The highest BCUT2D eigenvalue weighted by Gasteiger charge is 2.20. The van der Waals surface area contributed by atoms with Crippen LogP contribution in [-0.2, 0) is 4.74 Å². The summed E-state index contributed by atoms with van der Waals surface area (Å²) in [5.41, 5.74) is 3.52. The first-order chi connectivity index (χ1) is 15.0. The summed E-state index contributed by atoms with van der Waals surface area (Å²) in [4.78, 5) is 12.2. The molecule has 1 amide bonds. The molecule has 0 aliphatic heterocycles. The molecule has 3 aromatic carbocycles. The molecule has 156 valence electrons. The zero-order chi connectivity index (χ0) is 21.8. The molecule has 1 aromatic heterocycles. The van der Waals surface area contributed by atoms with E-state index in [1.165, 1.54) is 0 Å². The molecule has 1 unspecified atom stereocenters. The SMILES string of the molecule is CC(OC(=O)Nc1n[nH]c(-c2ccc(-c3ccccc3)cc2)c1F)c1ccccc1Cl. The van der Waals surface area contributed by atoms with E-state index in [4.69, 9.17) is 16.3 Å². The van der Waals surface area contributed by atoms with Crippen molar-refractivity contribution in [1.29, 1.82) is 0 Å². The second-order valence-corrected chi connectivity index (χ2v) is 7.31. The minimum absolute atomic E-state index is 0.175. The summed E-state index contributed by atoms with van der Waals surface area (Å²) >= 11 is 6.12. The van der Waals surface area contributed by atoms with Gasteiger partial charge in [0.1, 0.15) is 11.8 Å². The van der Waals surface area contributed by atoms with Crippen LogP contribution in [0.5, 0.6) is 0 Å². The number of anilines is 1. The maximum atomic E-state index is 14.8. The lowest BCUT2D eigenvalue weighted by Gasteiger charge is -2.14. The fraction of sp³-hybridized carbons (Fsp3) is 0.0833. The molecule has 0 bridgehead atoms. The minimum atomic E-state index is -0.830. The Morgan fingerprint density at radius 2 is 1.58 bits per heavy atom. The Hall–Kier alpha value is -3.64. The number of hydrogen-bond donors (Lipinski definition) is 2. The van der Waals surface area contributed by atoms with Crippen molar-refractivity contribution in [2.24, 2.45) is 0 Å². The van der Waals surface area contributed by atoms with Crippen LogP contribution in [0.4, 0.5) is 15.0 Å². The number of hydrogen-bond acceptors (Lipinski definition) is 3. The quantitative estimate of drug-likeness (QED) is 0.360. The number of H-pyrrole nitrogens is 1. The van der Waals surface area contributed by atoms with E-state index in [0.717, 1.165) is 11.1 Å². The van der Waals surface area contributed by atoms with E-state index in [-0.39, 0.29) is 11.5 Å². The van der Waals surface area contributed by atoms with Gasteiger partial charge < -0.3 is 4.74 Å². The zero-order valence-corrected chi connectivity index (χ0v) is 17.4. The molecule has 0 spiro atoms. The fourth-order valence-corrected chi connectivity index (χ4v) is 3.51. The number of carbonyl (C=O) groups excluding carboxylic acids is 1. The lowest BCUT2D eigenvalue weighted by atomic mass is 10.0. The van der Waals surface area contributed by atoms with Crippen LogP contribution in [0.15, 0.2) is 78.9 Å². The van der Waals surface area contributed by atoms with Gasteiger partial charge in [0.05, 0.1) is 0 Å². The third-order valence-electron chi connectivity index (χ3n) is 4.84. The van der Waals surface area contributed by atoms with Crippen molar-refractivity contribution < 1.29 is 13.9 Å². The molecule has 4 aromatic rings. The van der Waals surface area contributed by atoms with Crippen molar-refractivity contribution in [2.75, 3.05) is 5.32 Å². The second kappa shape index (κ2) is 9.02. The summed E-state index contributed by atoms with van der Waals surface area (Å²) in [6.07, 6.45) is -1.44. The fourth-order valence-electron chi connectivity index (χ4n) is 3.22. The van der Waals surface area contributed by atoms with Gasteiger partial charge in [-0.1, -0.05) is 84.4 Å². The number of nitrogens with zero attached hydrogens (tertiary/aromatic N) is 1. The minimum Gasteiger partial charge on any atom is -0.441 e. The molecule has 0 fully saturated rings. The first kappa shape index (κ1) is 20.6. The number of amides is 1. The van der Waals surface area contributed by atoms with E-state index < -0.39 is 18.0 Å². The topological polar surface area (TPSA) is 67.0 Å². The molecular weight excluding hydrogens is 417 g/mol. The molecule has 0 saturated heterocycles. The van der Waals surface area contributed by atoms with Crippen LogP contribution >= 0.6 is 11.6 Å². The first-order valence-electron chi connectivity index (χ1n) is 9.64. The Morgan fingerprint density at radius 3 is 2.29 bits per heavy atom. The Kier molecular flexibility index (Phi) is 6.00. The number of ether oxygens (including phenoxy) is 1. The van der Waals surface area contributed by atoms with Gasteiger partial charge in [-0.2, -0.15) is 5.10 Å². The lowest BCUT2D eigenvalue weighted by molar-refractivity contribution is 0.121. The highest BCUT2D eigenvalue weighted by molar-refractivity contribution is 6.31. The average Bonchev–Trinajstić information content (AvgIpc) is 3.14. The van der Waals surface area contributed by atoms with Crippen LogP contribution in [-0.4, -0.2) is 16.3 Å². The average molecular weight is 436 g/mol. The van der Waals surface area contributed by atoms with E-state index in [2.05, 4.69) is 15.5 Å². The predicted molar refractivity (Wildman–Crippen MR) is 119 cm³/mol. The van der Waals surface area contributed by atoms with Crippen LogP contribution in [0, 0.1) is 5.82 Å². The Morgan fingerprint density at radius 1 is 0.968 bits per heavy atom. The van der Waals surface area contributed by atoms with E-state index in [0.29, 0.717) is 16.1 Å². The number of benzene rings is 3. The van der Waals surface area contributed by atoms with Crippen molar-refractivity contribution in [3.05, 3.63) is 95.3 Å². The summed E-state index contributed by atoms with van der Waals surface area (Å²) in [5.74, 6) is -0.909. The zero-order valence-electron chi connectivity index (χ0n) is 16.6. The van der Waals surface area contributed by atoms with Crippen LogP contribution in [0.3, 0.4) is 0 Å². The van der Waals surface area contributed by atoms with E-state index >= 15 is 0 Å². The standard InChI is InChI=1S/C24H19ClFN3O2/c1-15(19-9-5-6-10-20(19)25)31-24(30)27-23-21(26)22(28-29-23)18-13-11-17(12-14-18)16-7-3-2-4-8-16/h2-15H,1H3,(H2,27,28,29,30). The van der Waals surface area contributed by atoms with Gasteiger partial charge in [0, 0.05) is 16.1 Å². The van der Waals surface area contributed by atoms with E-state index in [9.17, 15) is 9.18 Å². The number of nitrogens with one attached hydrogen (secondary N) is 2. The molecule has 5 nitrogen and oxygen atoms in total. The van der Waals surface area contributed by atoms with Gasteiger partial charge in [0.15, 0.2) is 11.6 Å². The summed E-state index contributed by atoms with van der Waals surface area (Å²) in [5, 5.41) is 9.32. The van der Waals surface area contributed by atoms with Crippen LogP contribution < -0.4 is 5.32 Å². The van der Waals surface area contributed by atoms with E-state index in [1.807, 2.05) is 42.5 Å². The molecule has 4 rings (SSSR count). The maximum Gasteiger partial charge on any atom is 0.413 e. The number of aromatic amines is 1. The molecule has 1 atom stereocenters. The molecule has 1 heterocycles. The Bertz CT molecular complexity index is 1190. The highest BCUT2D eigenvalue weighted by atomic mass is 35.5. The molecular formula is C24H19ClFN3O2. The van der Waals surface area contributed by atoms with Gasteiger partial charge in [-0.05, 0) is 24.1 Å². The molecule has 2 N–H and O–H groups in total. The monoisotopic (exact) mass is 435 g/mol. The summed E-state index contributed by atoms with van der Waals surface area (Å²) in [6.45, 7) is 1.68. The van der Waals surface area contributed by atoms with Gasteiger partial charge in [0.25, 0.3) is 0 Å². The molecule has 0 aliphatic rings. The maximum absolute atomic E-state index is 14.8. The van der Waals surface area contributed by atoms with Crippen LogP contribution in [0.2, 0.25) is 5.02 Å². The third kappa shape index (κ3) is 4.59. The van der Waals surface area contributed by atoms with Gasteiger partial charge in [-0.3, -0.25) is 10.4 Å². The number of carbonyl (C=O) groups is 1. The number of rotatable bonds is 5. The van der Waals surface area contributed by atoms with Gasteiger partial charge in [0.2, 0.25) is 0 Å². The van der Waals surface area contributed by atoms with Crippen molar-refractivity contribution in [3.8, 4) is 22.4 Å². The Balaban J connectivity index is 1.46. The molecule has 0 radical (unpaired) electrons. The molecule has 7 heteroatoms. The first-order valence-corrected chi connectivity index (χ1v) is 10.0. The number of aromatic nitrogens is 2. The van der Waals surface area contributed by atoms with Crippen LogP contribution in [0.25, 0.3) is 22.4 Å². The smallest absolute Gasteiger partial charge is 0.413 e. The van der Waals surface area contributed by atoms with Gasteiger partial charge >= 0.3 is 6.09 Å².